The molecule has 0 aromatic carbocycles. The Morgan fingerprint density at radius 2 is 1.46 bits per heavy atom. The molecule has 1 heteroatoms. The van der Waals surface area contributed by atoms with Crippen LogP contribution in [-0.4, -0.2) is 5.75 Å². The molecule has 0 rings (SSSR count). The molecule has 0 bridgehead atoms. The Morgan fingerprint density at radius 1 is 0.846 bits per heavy atom. The van der Waals surface area contributed by atoms with Gasteiger partial charge in [0.25, 0.3) is 0 Å². The van der Waals surface area contributed by atoms with Gasteiger partial charge in [-0.05, 0) is 12.8 Å². The molecule has 0 aromatic rings. The summed E-state index contributed by atoms with van der Waals surface area (Å²) in [7, 11) is 0. The Kier molecular flexibility index (Phi) is 12.2. The molecule has 0 spiro atoms. The van der Waals surface area contributed by atoms with Crippen molar-refractivity contribution in [1.82, 2.24) is 0 Å². The molecule has 0 aliphatic carbocycles. The van der Waals surface area contributed by atoms with Crippen molar-refractivity contribution in [2.24, 2.45) is 0 Å². The van der Waals surface area contributed by atoms with Crippen LogP contribution in [-0.2, 0) is 0 Å². The average molecular weight is 200 g/mol. The zero-order chi connectivity index (χ0) is 9.78. The van der Waals surface area contributed by atoms with Gasteiger partial charge in [-0.3, -0.25) is 0 Å². The lowest BCUT2D eigenvalue weighted by atomic mass is 10.1. The highest BCUT2D eigenvalue weighted by Gasteiger charge is 1.88. The van der Waals surface area contributed by atoms with Gasteiger partial charge < -0.3 is 0 Å². The summed E-state index contributed by atoms with van der Waals surface area (Å²) in [6.07, 6.45) is 15.5. The first-order valence-electron chi connectivity index (χ1n) is 5.67. The highest BCUT2D eigenvalue weighted by atomic mass is 32.1. The monoisotopic (exact) mass is 200 g/mol. The van der Waals surface area contributed by atoms with Crippen molar-refractivity contribution < 1.29 is 0 Å². The van der Waals surface area contributed by atoms with Gasteiger partial charge >= 0.3 is 0 Å². The number of allylic oxidation sites excluding steroid dienone is 1. The summed E-state index contributed by atoms with van der Waals surface area (Å²) in [5.41, 5.74) is 0. The number of rotatable bonds is 9. The summed E-state index contributed by atoms with van der Waals surface area (Å²) in [4.78, 5) is 0. The Bertz CT molecular complexity index is 108. The molecular formula is C12H24S. The van der Waals surface area contributed by atoms with Crippen LogP contribution in [0.4, 0.5) is 0 Å². The molecule has 0 fully saturated rings. The van der Waals surface area contributed by atoms with Crippen LogP contribution in [0.15, 0.2) is 12.2 Å². The summed E-state index contributed by atoms with van der Waals surface area (Å²) >= 11 is 4.12. The van der Waals surface area contributed by atoms with E-state index in [0.717, 1.165) is 5.75 Å². The summed E-state index contributed by atoms with van der Waals surface area (Å²) in [5, 5.41) is 0. The second-order valence-corrected chi connectivity index (χ2v) is 3.93. The van der Waals surface area contributed by atoms with Crippen LogP contribution < -0.4 is 0 Å². The topological polar surface area (TPSA) is 0 Å². The predicted molar refractivity (Wildman–Crippen MR) is 65.6 cm³/mol. The van der Waals surface area contributed by atoms with Crippen molar-refractivity contribution in [2.45, 2.75) is 58.3 Å². The minimum Gasteiger partial charge on any atom is -0.175 e. The third kappa shape index (κ3) is 12.1. The lowest BCUT2D eigenvalue weighted by Gasteiger charge is -1.98. The molecule has 0 saturated heterocycles. The Balaban J connectivity index is 2.87. The third-order valence-electron chi connectivity index (χ3n) is 2.25. The molecular weight excluding hydrogens is 176 g/mol. The fraction of sp³-hybridized carbons (Fsp3) is 0.833. The molecule has 0 aromatic heterocycles. The number of thiol groups is 1. The maximum Gasteiger partial charge on any atom is 0.00825 e. The van der Waals surface area contributed by atoms with E-state index >= 15 is 0 Å². The van der Waals surface area contributed by atoms with Crippen molar-refractivity contribution in [1.29, 1.82) is 0 Å². The molecule has 0 unspecified atom stereocenters. The number of unbranched alkanes of at least 4 members (excludes halogenated alkanes) is 7. The van der Waals surface area contributed by atoms with Crippen LogP contribution in [0.5, 0.6) is 0 Å². The maximum atomic E-state index is 4.12. The van der Waals surface area contributed by atoms with Gasteiger partial charge in [0.2, 0.25) is 0 Å². The maximum absolute atomic E-state index is 4.12. The van der Waals surface area contributed by atoms with Gasteiger partial charge in [0.1, 0.15) is 0 Å². The summed E-state index contributed by atoms with van der Waals surface area (Å²) < 4.78 is 0. The molecule has 0 nitrogen and oxygen atoms in total. The molecule has 78 valence electrons. The highest BCUT2D eigenvalue weighted by molar-refractivity contribution is 7.80. The quantitative estimate of drug-likeness (QED) is 0.313. The van der Waals surface area contributed by atoms with E-state index in [9.17, 15) is 0 Å². The highest BCUT2D eigenvalue weighted by Crippen LogP contribution is 2.08. The van der Waals surface area contributed by atoms with Gasteiger partial charge in [-0.1, -0.05) is 57.6 Å². The summed E-state index contributed by atoms with van der Waals surface area (Å²) in [5.74, 6) is 0.885. The van der Waals surface area contributed by atoms with Gasteiger partial charge in [0.05, 0.1) is 0 Å². The van der Waals surface area contributed by atoms with E-state index in [2.05, 4.69) is 31.7 Å². The largest absolute Gasteiger partial charge is 0.175 e. The Morgan fingerprint density at radius 3 is 2.08 bits per heavy atom. The Labute approximate surface area is 89.2 Å². The first-order chi connectivity index (χ1) is 6.41. The van der Waals surface area contributed by atoms with Crippen LogP contribution in [0.2, 0.25) is 0 Å². The van der Waals surface area contributed by atoms with E-state index in [4.69, 9.17) is 0 Å². The summed E-state index contributed by atoms with van der Waals surface area (Å²) in [6, 6.07) is 0. The molecule has 0 N–H and O–H groups in total. The standard InChI is InChI=1S/C12H24S/c1-2-3-4-5-6-7-8-9-10-11-12-13/h10-11,13H,2-9,12H2,1H3/b11-10+. The fourth-order valence-corrected chi connectivity index (χ4v) is 1.56. The zero-order valence-electron chi connectivity index (χ0n) is 8.97. The van der Waals surface area contributed by atoms with Crippen LogP contribution >= 0.6 is 12.6 Å². The first kappa shape index (κ1) is 13.1. The smallest absolute Gasteiger partial charge is 0.00825 e. The summed E-state index contributed by atoms with van der Waals surface area (Å²) in [6.45, 7) is 2.27. The van der Waals surface area contributed by atoms with Gasteiger partial charge in [-0.2, -0.15) is 12.6 Å². The fourth-order valence-electron chi connectivity index (χ4n) is 1.41. The van der Waals surface area contributed by atoms with Crippen LogP contribution in [0.25, 0.3) is 0 Å². The zero-order valence-corrected chi connectivity index (χ0v) is 9.86. The molecule has 0 atom stereocenters. The van der Waals surface area contributed by atoms with Crippen molar-refractivity contribution in [3.05, 3.63) is 12.2 Å². The molecule has 0 heterocycles. The van der Waals surface area contributed by atoms with Crippen LogP contribution in [0.1, 0.15) is 58.3 Å². The van der Waals surface area contributed by atoms with Gasteiger partial charge in [0.15, 0.2) is 0 Å². The molecule has 0 saturated carbocycles. The predicted octanol–water partition coefficient (Wildman–Crippen LogP) is 4.61. The number of hydrogen-bond acceptors (Lipinski definition) is 1. The van der Waals surface area contributed by atoms with Gasteiger partial charge in [-0.25, -0.2) is 0 Å². The van der Waals surface area contributed by atoms with Crippen molar-refractivity contribution in [2.75, 3.05) is 5.75 Å². The van der Waals surface area contributed by atoms with Crippen molar-refractivity contribution >= 4 is 12.6 Å². The van der Waals surface area contributed by atoms with E-state index in [1.54, 1.807) is 0 Å². The normalized spacial score (nSPS) is 11.2. The molecule has 0 aliphatic rings. The minimum atomic E-state index is 0.885. The lowest BCUT2D eigenvalue weighted by Crippen LogP contribution is -1.78. The first-order valence-corrected chi connectivity index (χ1v) is 6.31. The van der Waals surface area contributed by atoms with E-state index in [0.29, 0.717) is 0 Å². The molecule has 13 heavy (non-hydrogen) atoms. The van der Waals surface area contributed by atoms with Crippen LogP contribution in [0.3, 0.4) is 0 Å². The second-order valence-electron chi connectivity index (χ2n) is 3.56. The van der Waals surface area contributed by atoms with E-state index < -0.39 is 0 Å². The van der Waals surface area contributed by atoms with E-state index in [-0.39, 0.29) is 0 Å². The molecule has 0 amide bonds. The van der Waals surface area contributed by atoms with E-state index in [1.165, 1.54) is 51.4 Å². The van der Waals surface area contributed by atoms with Gasteiger partial charge in [0, 0.05) is 5.75 Å². The van der Waals surface area contributed by atoms with E-state index in [1.807, 2.05) is 0 Å². The molecule has 0 radical (unpaired) electrons. The molecule has 0 aliphatic heterocycles. The SMILES string of the molecule is CCCCCCCCC/C=C/CS. The van der Waals surface area contributed by atoms with Crippen LogP contribution in [0, 0.1) is 0 Å². The third-order valence-corrected chi connectivity index (χ3v) is 2.46. The van der Waals surface area contributed by atoms with Crippen molar-refractivity contribution in [3.63, 3.8) is 0 Å². The minimum absolute atomic E-state index is 0.885. The second kappa shape index (κ2) is 12.1. The lowest BCUT2D eigenvalue weighted by molar-refractivity contribution is 0.592. The van der Waals surface area contributed by atoms with Gasteiger partial charge in [-0.15, -0.1) is 0 Å². The number of hydrogen-bond donors (Lipinski definition) is 1. The average Bonchev–Trinajstić information content (AvgIpc) is 2.16. The van der Waals surface area contributed by atoms with Crippen molar-refractivity contribution in [3.8, 4) is 0 Å². The Hall–Kier alpha value is 0.0900.